The summed E-state index contributed by atoms with van der Waals surface area (Å²) in [6.07, 6.45) is 2.65. The summed E-state index contributed by atoms with van der Waals surface area (Å²) >= 11 is 0. The standard InChI is InChI=1S/C16H16FN7O4/c1-28-15-13(24(26)27)9-22(20-15)7-6-14(25)19-16-18-10-23(21-16)8-11-2-4-12(17)5-3-11/h2-5,9-10H,6-8H2,1H3,(H,19,21,25). The third-order valence-corrected chi connectivity index (χ3v) is 3.71. The van der Waals surface area contributed by atoms with Crippen LogP contribution in [-0.4, -0.2) is 42.5 Å². The average molecular weight is 389 g/mol. The summed E-state index contributed by atoms with van der Waals surface area (Å²) in [6.45, 7) is 0.492. The smallest absolute Gasteiger partial charge is 0.350 e. The van der Waals surface area contributed by atoms with E-state index >= 15 is 0 Å². The second-order valence-corrected chi connectivity index (χ2v) is 5.73. The van der Waals surface area contributed by atoms with Crippen molar-refractivity contribution in [2.24, 2.45) is 0 Å². The van der Waals surface area contributed by atoms with Gasteiger partial charge >= 0.3 is 11.6 Å². The lowest BCUT2D eigenvalue weighted by molar-refractivity contribution is -0.385. The number of nitrogens with one attached hydrogen (secondary N) is 1. The minimum absolute atomic E-state index is 0.00842. The van der Waals surface area contributed by atoms with Gasteiger partial charge in [-0.1, -0.05) is 12.1 Å². The van der Waals surface area contributed by atoms with Gasteiger partial charge in [0.2, 0.25) is 11.9 Å². The SMILES string of the molecule is COc1nn(CCC(=O)Nc2ncn(Cc3ccc(F)cc3)n2)cc1[N+](=O)[O-]. The van der Waals surface area contributed by atoms with Crippen LogP contribution >= 0.6 is 0 Å². The van der Waals surface area contributed by atoms with Crippen LogP contribution in [0.4, 0.5) is 16.0 Å². The zero-order chi connectivity index (χ0) is 20.1. The average Bonchev–Trinajstić information content (AvgIpc) is 3.28. The van der Waals surface area contributed by atoms with Crippen molar-refractivity contribution in [2.75, 3.05) is 12.4 Å². The molecule has 28 heavy (non-hydrogen) atoms. The molecule has 3 aromatic rings. The summed E-state index contributed by atoms with van der Waals surface area (Å²) in [5.74, 6) is -0.699. The molecule has 0 saturated carbocycles. The number of nitrogens with zero attached hydrogens (tertiary/aromatic N) is 6. The lowest BCUT2D eigenvalue weighted by Crippen LogP contribution is -2.16. The Morgan fingerprint density at radius 2 is 2.04 bits per heavy atom. The van der Waals surface area contributed by atoms with Gasteiger partial charge < -0.3 is 4.74 Å². The van der Waals surface area contributed by atoms with Crippen molar-refractivity contribution in [1.82, 2.24) is 24.5 Å². The number of carbonyl (C=O) groups excluding carboxylic acids is 1. The Morgan fingerprint density at radius 1 is 1.29 bits per heavy atom. The second kappa shape index (κ2) is 8.24. The number of methoxy groups -OCH3 is 1. The van der Waals surface area contributed by atoms with Gasteiger partial charge in [0.15, 0.2) is 0 Å². The lowest BCUT2D eigenvalue weighted by Gasteiger charge is -2.02. The molecule has 3 rings (SSSR count). The molecule has 11 nitrogen and oxygen atoms in total. The number of halogens is 1. The Hall–Kier alpha value is -3.83. The lowest BCUT2D eigenvalue weighted by atomic mass is 10.2. The number of hydrogen-bond acceptors (Lipinski definition) is 7. The van der Waals surface area contributed by atoms with Gasteiger partial charge in [0, 0.05) is 6.42 Å². The predicted molar refractivity (Wildman–Crippen MR) is 94.2 cm³/mol. The molecule has 0 spiro atoms. The topological polar surface area (TPSA) is 130 Å². The van der Waals surface area contributed by atoms with Gasteiger partial charge in [0.25, 0.3) is 0 Å². The fourth-order valence-corrected chi connectivity index (χ4v) is 2.39. The van der Waals surface area contributed by atoms with E-state index in [0.29, 0.717) is 6.54 Å². The molecule has 1 aromatic carbocycles. The zero-order valence-electron chi connectivity index (χ0n) is 14.8. The van der Waals surface area contributed by atoms with E-state index in [0.717, 1.165) is 5.56 Å². The number of rotatable bonds is 8. The van der Waals surface area contributed by atoms with E-state index < -0.39 is 4.92 Å². The van der Waals surface area contributed by atoms with Gasteiger partial charge in [0.1, 0.15) is 18.3 Å². The number of nitro groups is 1. The maximum atomic E-state index is 12.9. The molecule has 0 aliphatic carbocycles. The molecular formula is C16H16FN7O4. The van der Waals surface area contributed by atoms with E-state index in [4.69, 9.17) is 4.74 Å². The molecule has 1 amide bonds. The second-order valence-electron chi connectivity index (χ2n) is 5.73. The molecule has 0 saturated heterocycles. The highest BCUT2D eigenvalue weighted by molar-refractivity contribution is 5.88. The summed E-state index contributed by atoms with van der Waals surface area (Å²) in [6, 6.07) is 5.97. The van der Waals surface area contributed by atoms with Gasteiger partial charge in [-0.3, -0.25) is 24.9 Å². The van der Waals surface area contributed by atoms with Crippen LogP contribution in [0, 0.1) is 15.9 Å². The third-order valence-electron chi connectivity index (χ3n) is 3.71. The van der Waals surface area contributed by atoms with E-state index in [-0.39, 0.29) is 42.2 Å². The number of carbonyl (C=O) groups is 1. The van der Waals surface area contributed by atoms with Crippen molar-refractivity contribution in [3.8, 4) is 5.88 Å². The molecule has 146 valence electrons. The molecule has 0 fully saturated rings. The van der Waals surface area contributed by atoms with Crippen molar-refractivity contribution in [3.05, 3.63) is 58.3 Å². The maximum absolute atomic E-state index is 12.9. The molecule has 0 bridgehead atoms. The van der Waals surface area contributed by atoms with Crippen molar-refractivity contribution in [1.29, 1.82) is 0 Å². The molecule has 0 unspecified atom stereocenters. The van der Waals surface area contributed by atoms with Crippen molar-refractivity contribution in [2.45, 2.75) is 19.5 Å². The molecule has 2 aromatic heterocycles. The highest BCUT2D eigenvalue weighted by atomic mass is 19.1. The Bertz CT molecular complexity index is 983. The van der Waals surface area contributed by atoms with Gasteiger partial charge in [-0.15, -0.1) is 10.2 Å². The molecule has 12 heteroatoms. The summed E-state index contributed by atoms with van der Waals surface area (Å²) in [5, 5.41) is 21.4. The summed E-state index contributed by atoms with van der Waals surface area (Å²) < 4.78 is 20.5. The number of aryl methyl sites for hydroxylation is 1. The van der Waals surface area contributed by atoms with Crippen LogP contribution in [0.15, 0.2) is 36.8 Å². The predicted octanol–water partition coefficient (Wildman–Crippen LogP) is 1.61. The van der Waals surface area contributed by atoms with Crippen LogP contribution in [0.25, 0.3) is 0 Å². The number of anilines is 1. The fourth-order valence-electron chi connectivity index (χ4n) is 2.39. The monoisotopic (exact) mass is 389 g/mol. The first-order valence-electron chi connectivity index (χ1n) is 8.14. The quantitative estimate of drug-likeness (QED) is 0.457. The van der Waals surface area contributed by atoms with E-state index in [2.05, 4.69) is 20.5 Å². The van der Waals surface area contributed by atoms with Crippen LogP contribution in [-0.2, 0) is 17.9 Å². The summed E-state index contributed by atoms with van der Waals surface area (Å²) in [7, 11) is 1.28. The first kappa shape index (κ1) is 18.9. The van der Waals surface area contributed by atoms with Crippen LogP contribution in [0.3, 0.4) is 0 Å². The van der Waals surface area contributed by atoms with Gasteiger partial charge in [-0.2, -0.15) is 0 Å². The van der Waals surface area contributed by atoms with Crippen molar-refractivity contribution in [3.63, 3.8) is 0 Å². The zero-order valence-corrected chi connectivity index (χ0v) is 14.8. The Morgan fingerprint density at radius 3 is 2.68 bits per heavy atom. The highest BCUT2D eigenvalue weighted by Crippen LogP contribution is 2.23. The van der Waals surface area contributed by atoms with Crippen LogP contribution in [0.5, 0.6) is 5.88 Å². The fraction of sp³-hybridized carbons (Fsp3) is 0.250. The largest absolute Gasteiger partial charge is 0.475 e. The number of ether oxygens (including phenoxy) is 1. The molecular weight excluding hydrogens is 373 g/mol. The highest BCUT2D eigenvalue weighted by Gasteiger charge is 2.20. The minimum atomic E-state index is -0.611. The Balaban J connectivity index is 1.53. The van der Waals surface area contributed by atoms with Crippen LogP contribution < -0.4 is 10.1 Å². The third kappa shape index (κ3) is 4.66. The van der Waals surface area contributed by atoms with Crippen LogP contribution in [0.1, 0.15) is 12.0 Å². The van der Waals surface area contributed by atoms with Crippen LogP contribution in [0.2, 0.25) is 0 Å². The number of benzene rings is 1. The number of aromatic nitrogens is 5. The first-order chi connectivity index (χ1) is 13.4. The molecule has 0 aliphatic rings. The van der Waals surface area contributed by atoms with Crippen molar-refractivity contribution >= 4 is 17.5 Å². The van der Waals surface area contributed by atoms with E-state index in [1.165, 1.54) is 41.1 Å². The van der Waals surface area contributed by atoms with Gasteiger partial charge in [-0.05, 0) is 17.7 Å². The van der Waals surface area contributed by atoms with E-state index in [1.54, 1.807) is 12.1 Å². The molecule has 0 aliphatic heterocycles. The van der Waals surface area contributed by atoms with Gasteiger partial charge in [0.05, 0.1) is 25.1 Å². The minimum Gasteiger partial charge on any atom is -0.475 e. The Kier molecular flexibility index (Phi) is 5.58. The van der Waals surface area contributed by atoms with E-state index in [9.17, 15) is 19.3 Å². The molecule has 1 N–H and O–H groups in total. The molecule has 0 atom stereocenters. The normalized spacial score (nSPS) is 10.6. The number of amides is 1. The van der Waals surface area contributed by atoms with Gasteiger partial charge in [-0.25, -0.2) is 14.1 Å². The summed E-state index contributed by atoms with van der Waals surface area (Å²) in [5.41, 5.74) is 0.558. The molecule has 0 radical (unpaired) electrons. The van der Waals surface area contributed by atoms with Crippen molar-refractivity contribution < 1.29 is 18.8 Å². The molecule has 2 heterocycles. The maximum Gasteiger partial charge on any atom is 0.350 e. The van der Waals surface area contributed by atoms with E-state index in [1.807, 2.05) is 0 Å². The number of hydrogen-bond donors (Lipinski definition) is 1. The Labute approximate surface area is 157 Å². The summed E-state index contributed by atoms with van der Waals surface area (Å²) in [4.78, 5) is 26.3. The first-order valence-corrected chi connectivity index (χ1v) is 8.14.